The number of hydrogen-bond acceptors (Lipinski definition) is 6. The molecule has 6 nitrogen and oxygen atoms in total. The quantitative estimate of drug-likeness (QED) is 0.377. The van der Waals surface area contributed by atoms with Crippen LogP contribution in [-0.4, -0.2) is 16.0 Å². The molecule has 1 aromatic heterocycles. The Bertz CT molecular complexity index is 1160. The van der Waals surface area contributed by atoms with Crippen LogP contribution in [0.4, 0.5) is 0 Å². The molecule has 4 rings (SSSR count). The Balaban J connectivity index is 1.38. The number of carbonyl (C=O) groups is 1. The topological polar surface area (TPSA) is 77.2 Å². The van der Waals surface area contributed by atoms with E-state index in [9.17, 15) is 4.79 Å². The molecule has 0 bridgehead atoms. The smallest absolute Gasteiger partial charge is 0.252 e. The number of rotatable bonds is 8. The Morgan fingerprint density at radius 3 is 2.58 bits per heavy atom. The van der Waals surface area contributed by atoms with Crippen LogP contribution in [0, 0.1) is 6.92 Å². The molecule has 0 unspecified atom stereocenters. The monoisotopic (exact) mass is 431 g/mol. The van der Waals surface area contributed by atoms with Gasteiger partial charge in [0, 0.05) is 18.4 Å². The highest BCUT2D eigenvalue weighted by Gasteiger charge is 2.13. The van der Waals surface area contributed by atoms with Crippen LogP contribution < -0.4 is 10.1 Å². The molecule has 0 spiro atoms. The van der Waals surface area contributed by atoms with E-state index in [-0.39, 0.29) is 5.91 Å². The minimum atomic E-state index is -0.137. The molecule has 1 amide bonds. The highest BCUT2D eigenvalue weighted by Crippen LogP contribution is 2.26. The van der Waals surface area contributed by atoms with Crippen LogP contribution in [0.3, 0.4) is 0 Å². The van der Waals surface area contributed by atoms with Gasteiger partial charge in [0.1, 0.15) is 11.5 Å². The highest BCUT2D eigenvalue weighted by atomic mass is 32.2. The van der Waals surface area contributed by atoms with Crippen LogP contribution in [0.15, 0.2) is 88.3 Å². The van der Waals surface area contributed by atoms with E-state index < -0.39 is 0 Å². The van der Waals surface area contributed by atoms with Crippen LogP contribution in [0.2, 0.25) is 0 Å². The molecule has 0 saturated heterocycles. The SMILES string of the molecule is Cc1nc(CSc2ccccc2C(=O)NCc2cccc(Oc3ccccc3)c2)no1. The second kappa shape index (κ2) is 9.95. The zero-order valence-electron chi connectivity index (χ0n) is 16.9. The van der Waals surface area contributed by atoms with E-state index in [0.717, 1.165) is 22.0 Å². The van der Waals surface area contributed by atoms with E-state index in [0.29, 0.717) is 29.6 Å². The second-order valence-corrected chi connectivity index (χ2v) is 7.78. The lowest BCUT2D eigenvalue weighted by Crippen LogP contribution is -2.23. The maximum atomic E-state index is 12.8. The molecule has 0 aliphatic rings. The standard InChI is InChI=1S/C24H21N3O3S/c1-17-26-23(27-30-17)16-31-22-13-6-5-12-21(22)24(28)25-15-18-8-7-11-20(14-18)29-19-9-3-2-4-10-19/h2-14H,15-16H2,1H3,(H,25,28). The van der Waals surface area contributed by atoms with Crippen LogP contribution in [0.1, 0.15) is 27.6 Å². The summed E-state index contributed by atoms with van der Waals surface area (Å²) < 4.78 is 10.9. The van der Waals surface area contributed by atoms with Gasteiger partial charge in [-0.15, -0.1) is 11.8 Å². The number of para-hydroxylation sites is 1. The Kier molecular flexibility index (Phi) is 6.64. The molecule has 3 aromatic carbocycles. The Morgan fingerprint density at radius 2 is 1.77 bits per heavy atom. The molecule has 0 atom stereocenters. The van der Waals surface area contributed by atoms with Crippen molar-refractivity contribution in [2.45, 2.75) is 24.1 Å². The van der Waals surface area contributed by atoms with Crippen molar-refractivity contribution in [1.82, 2.24) is 15.5 Å². The van der Waals surface area contributed by atoms with E-state index in [1.54, 1.807) is 6.92 Å². The maximum Gasteiger partial charge on any atom is 0.252 e. The van der Waals surface area contributed by atoms with Crippen molar-refractivity contribution in [3.05, 3.63) is 102 Å². The summed E-state index contributed by atoms with van der Waals surface area (Å²) in [4.78, 5) is 17.9. The van der Waals surface area contributed by atoms with E-state index in [4.69, 9.17) is 9.26 Å². The van der Waals surface area contributed by atoms with Crippen molar-refractivity contribution < 1.29 is 14.1 Å². The zero-order valence-corrected chi connectivity index (χ0v) is 17.8. The van der Waals surface area contributed by atoms with E-state index >= 15 is 0 Å². The van der Waals surface area contributed by atoms with Crippen LogP contribution >= 0.6 is 11.8 Å². The second-order valence-electron chi connectivity index (χ2n) is 6.76. The van der Waals surface area contributed by atoms with Gasteiger partial charge in [0.05, 0.1) is 11.3 Å². The fourth-order valence-corrected chi connectivity index (χ4v) is 3.84. The van der Waals surface area contributed by atoms with Gasteiger partial charge < -0.3 is 14.6 Å². The molecular weight excluding hydrogens is 410 g/mol. The van der Waals surface area contributed by atoms with Gasteiger partial charge >= 0.3 is 0 Å². The number of nitrogens with one attached hydrogen (secondary N) is 1. The minimum absolute atomic E-state index is 0.137. The number of hydrogen-bond donors (Lipinski definition) is 1. The summed E-state index contributed by atoms with van der Waals surface area (Å²) in [7, 11) is 0. The summed E-state index contributed by atoms with van der Waals surface area (Å²) in [6.45, 7) is 2.15. The Morgan fingerprint density at radius 1 is 1.00 bits per heavy atom. The lowest BCUT2D eigenvalue weighted by Gasteiger charge is -2.11. The summed E-state index contributed by atoms with van der Waals surface area (Å²) in [5.74, 6) is 3.02. The fourth-order valence-electron chi connectivity index (χ4n) is 2.94. The van der Waals surface area contributed by atoms with E-state index in [1.165, 1.54) is 11.8 Å². The number of benzene rings is 3. The third kappa shape index (κ3) is 5.73. The van der Waals surface area contributed by atoms with Gasteiger partial charge in [-0.2, -0.15) is 4.98 Å². The van der Waals surface area contributed by atoms with Gasteiger partial charge in [-0.3, -0.25) is 4.79 Å². The largest absolute Gasteiger partial charge is 0.457 e. The summed E-state index contributed by atoms with van der Waals surface area (Å²) in [5, 5.41) is 6.89. The van der Waals surface area contributed by atoms with Gasteiger partial charge in [0.25, 0.3) is 5.91 Å². The lowest BCUT2D eigenvalue weighted by atomic mass is 10.2. The molecule has 7 heteroatoms. The first kappa shape index (κ1) is 20.7. The van der Waals surface area contributed by atoms with Crippen molar-refractivity contribution in [3.63, 3.8) is 0 Å². The first-order valence-corrected chi connectivity index (χ1v) is 10.8. The van der Waals surface area contributed by atoms with Crippen molar-refractivity contribution in [2.24, 2.45) is 0 Å². The third-order valence-electron chi connectivity index (χ3n) is 4.39. The van der Waals surface area contributed by atoms with Gasteiger partial charge in [-0.1, -0.05) is 47.6 Å². The number of aryl methyl sites for hydroxylation is 1. The first-order chi connectivity index (χ1) is 15.2. The number of ether oxygens (including phenoxy) is 1. The number of aromatic nitrogens is 2. The average molecular weight is 432 g/mol. The number of carbonyl (C=O) groups excluding carboxylic acids is 1. The van der Waals surface area contributed by atoms with Crippen LogP contribution in [0.25, 0.3) is 0 Å². The molecule has 0 fully saturated rings. The van der Waals surface area contributed by atoms with Crippen molar-refractivity contribution in [1.29, 1.82) is 0 Å². The van der Waals surface area contributed by atoms with E-state index in [1.807, 2.05) is 78.9 Å². The summed E-state index contributed by atoms with van der Waals surface area (Å²) in [6.07, 6.45) is 0. The van der Waals surface area contributed by atoms with Crippen molar-refractivity contribution in [2.75, 3.05) is 0 Å². The summed E-state index contributed by atoms with van der Waals surface area (Å²) in [5.41, 5.74) is 1.57. The van der Waals surface area contributed by atoms with Gasteiger partial charge in [0.15, 0.2) is 5.82 Å². The molecule has 31 heavy (non-hydrogen) atoms. The van der Waals surface area contributed by atoms with Crippen LogP contribution in [0.5, 0.6) is 11.5 Å². The fraction of sp³-hybridized carbons (Fsp3) is 0.125. The highest BCUT2D eigenvalue weighted by molar-refractivity contribution is 7.98. The van der Waals surface area contributed by atoms with Crippen molar-refractivity contribution >= 4 is 17.7 Å². The van der Waals surface area contributed by atoms with Gasteiger partial charge in [-0.05, 0) is 42.0 Å². The summed E-state index contributed by atoms with van der Waals surface area (Å²) >= 11 is 1.50. The molecule has 0 saturated carbocycles. The van der Waals surface area contributed by atoms with Crippen LogP contribution in [-0.2, 0) is 12.3 Å². The zero-order chi connectivity index (χ0) is 21.5. The molecule has 0 aliphatic carbocycles. The average Bonchev–Trinajstić information content (AvgIpc) is 3.22. The molecule has 0 aliphatic heterocycles. The molecule has 1 N–H and O–H groups in total. The molecule has 1 heterocycles. The van der Waals surface area contributed by atoms with Gasteiger partial charge in [-0.25, -0.2) is 0 Å². The number of thioether (sulfide) groups is 1. The molecule has 0 radical (unpaired) electrons. The lowest BCUT2D eigenvalue weighted by molar-refractivity contribution is 0.0948. The predicted octanol–water partition coefficient (Wildman–Crippen LogP) is 5.39. The Labute approximate surface area is 184 Å². The Hall–Kier alpha value is -3.58. The third-order valence-corrected chi connectivity index (χ3v) is 5.46. The number of amides is 1. The first-order valence-electron chi connectivity index (χ1n) is 9.78. The minimum Gasteiger partial charge on any atom is -0.457 e. The molecule has 156 valence electrons. The number of nitrogens with zero attached hydrogens (tertiary/aromatic N) is 2. The summed E-state index contributed by atoms with van der Waals surface area (Å²) in [6, 6.07) is 24.8. The van der Waals surface area contributed by atoms with Crippen molar-refractivity contribution in [3.8, 4) is 11.5 Å². The van der Waals surface area contributed by atoms with Gasteiger partial charge in [0.2, 0.25) is 5.89 Å². The van der Waals surface area contributed by atoms with E-state index in [2.05, 4.69) is 15.5 Å². The maximum absolute atomic E-state index is 12.8. The molecular formula is C24H21N3O3S. The normalized spacial score (nSPS) is 10.6. The molecule has 4 aromatic rings. The predicted molar refractivity (Wildman–Crippen MR) is 119 cm³/mol.